The standard InChI is InChI=1S/C9H14Cl2O2/c1-8(11)9(12)13-7-5-3-2-4-6-10/h1-7H2. The highest BCUT2D eigenvalue weighted by Gasteiger charge is 2.03. The lowest BCUT2D eigenvalue weighted by Gasteiger charge is -2.02. The number of hydrogen-bond donors (Lipinski definition) is 0. The number of carbonyl (C=O) groups excluding carboxylic acids is 1. The van der Waals surface area contributed by atoms with E-state index in [2.05, 4.69) is 6.58 Å². The van der Waals surface area contributed by atoms with Gasteiger partial charge in [0.2, 0.25) is 0 Å². The third-order valence-electron chi connectivity index (χ3n) is 1.48. The first kappa shape index (κ1) is 12.8. The number of carbonyl (C=O) groups is 1. The van der Waals surface area contributed by atoms with Gasteiger partial charge >= 0.3 is 5.97 Å². The van der Waals surface area contributed by atoms with Crippen molar-refractivity contribution in [3.05, 3.63) is 11.6 Å². The highest BCUT2D eigenvalue weighted by atomic mass is 35.5. The smallest absolute Gasteiger partial charge is 0.349 e. The molecule has 0 aliphatic heterocycles. The molecule has 0 spiro atoms. The van der Waals surface area contributed by atoms with Crippen molar-refractivity contribution in [3.63, 3.8) is 0 Å². The van der Waals surface area contributed by atoms with Gasteiger partial charge in [0.25, 0.3) is 0 Å². The number of halogens is 2. The molecular weight excluding hydrogens is 211 g/mol. The van der Waals surface area contributed by atoms with Crippen LogP contribution in [0.3, 0.4) is 0 Å². The van der Waals surface area contributed by atoms with Gasteiger partial charge in [0.15, 0.2) is 0 Å². The number of hydrogen-bond acceptors (Lipinski definition) is 2. The van der Waals surface area contributed by atoms with E-state index in [1.54, 1.807) is 0 Å². The normalized spacial score (nSPS) is 9.69. The van der Waals surface area contributed by atoms with Crippen molar-refractivity contribution < 1.29 is 9.53 Å². The van der Waals surface area contributed by atoms with E-state index in [1.165, 1.54) is 0 Å². The molecule has 0 saturated carbocycles. The van der Waals surface area contributed by atoms with Crippen molar-refractivity contribution in [2.75, 3.05) is 12.5 Å². The molecule has 0 aromatic heterocycles. The number of rotatable bonds is 7. The molecule has 0 aliphatic carbocycles. The first-order chi connectivity index (χ1) is 6.18. The molecular formula is C9H14Cl2O2. The Bertz CT molecular complexity index is 169. The predicted molar refractivity (Wildman–Crippen MR) is 55.1 cm³/mol. The summed E-state index contributed by atoms with van der Waals surface area (Å²) >= 11 is 10.8. The molecule has 0 rings (SSSR count). The van der Waals surface area contributed by atoms with Crippen LogP contribution < -0.4 is 0 Å². The van der Waals surface area contributed by atoms with Crippen LogP contribution in [-0.2, 0) is 9.53 Å². The van der Waals surface area contributed by atoms with Crippen LogP contribution in [0, 0.1) is 0 Å². The minimum Gasteiger partial charge on any atom is -0.461 e. The molecule has 76 valence electrons. The second kappa shape index (κ2) is 8.39. The third kappa shape index (κ3) is 8.13. The van der Waals surface area contributed by atoms with Gasteiger partial charge in [-0.2, -0.15) is 0 Å². The van der Waals surface area contributed by atoms with Crippen LogP contribution in [0.25, 0.3) is 0 Å². The zero-order valence-corrected chi connectivity index (χ0v) is 9.03. The predicted octanol–water partition coefficient (Wildman–Crippen LogP) is 3.08. The molecule has 0 aromatic carbocycles. The zero-order chi connectivity index (χ0) is 10.1. The summed E-state index contributed by atoms with van der Waals surface area (Å²) in [5.41, 5.74) is 0. The van der Waals surface area contributed by atoms with Gasteiger partial charge in [-0.3, -0.25) is 0 Å². The average Bonchev–Trinajstić information content (AvgIpc) is 2.10. The van der Waals surface area contributed by atoms with E-state index in [1.807, 2.05) is 0 Å². The minimum atomic E-state index is -0.529. The Morgan fingerprint density at radius 1 is 1.23 bits per heavy atom. The fourth-order valence-corrected chi connectivity index (χ4v) is 1.04. The van der Waals surface area contributed by atoms with Crippen LogP contribution >= 0.6 is 23.2 Å². The highest BCUT2D eigenvalue weighted by molar-refractivity contribution is 6.40. The van der Waals surface area contributed by atoms with Gasteiger partial charge in [-0.15, -0.1) is 11.6 Å². The summed E-state index contributed by atoms with van der Waals surface area (Å²) < 4.78 is 4.78. The van der Waals surface area contributed by atoms with Gasteiger partial charge in [0, 0.05) is 5.88 Å². The lowest BCUT2D eigenvalue weighted by Crippen LogP contribution is -2.04. The monoisotopic (exact) mass is 224 g/mol. The Morgan fingerprint density at radius 2 is 1.85 bits per heavy atom. The molecule has 0 radical (unpaired) electrons. The van der Waals surface area contributed by atoms with Crippen LogP contribution in [0.5, 0.6) is 0 Å². The van der Waals surface area contributed by atoms with Gasteiger partial charge in [-0.1, -0.05) is 31.0 Å². The zero-order valence-electron chi connectivity index (χ0n) is 7.52. The van der Waals surface area contributed by atoms with Crippen LogP contribution in [0.2, 0.25) is 0 Å². The van der Waals surface area contributed by atoms with Crippen molar-refractivity contribution in [1.82, 2.24) is 0 Å². The summed E-state index contributed by atoms with van der Waals surface area (Å²) in [6.45, 7) is 3.67. The molecule has 0 amide bonds. The molecule has 4 heteroatoms. The van der Waals surface area contributed by atoms with Crippen LogP contribution in [0.1, 0.15) is 25.7 Å². The number of ether oxygens (including phenoxy) is 1. The molecule has 13 heavy (non-hydrogen) atoms. The quantitative estimate of drug-likeness (QED) is 0.288. The van der Waals surface area contributed by atoms with Crippen molar-refractivity contribution in [2.24, 2.45) is 0 Å². The number of alkyl halides is 1. The molecule has 0 saturated heterocycles. The highest BCUT2D eigenvalue weighted by Crippen LogP contribution is 2.04. The van der Waals surface area contributed by atoms with E-state index in [-0.39, 0.29) is 5.03 Å². The Labute approximate surface area is 88.9 Å². The molecule has 0 heterocycles. The van der Waals surface area contributed by atoms with Crippen LogP contribution in [0.4, 0.5) is 0 Å². The topological polar surface area (TPSA) is 26.3 Å². The minimum absolute atomic E-state index is 0.0687. The Morgan fingerprint density at radius 3 is 2.38 bits per heavy atom. The maximum absolute atomic E-state index is 10.8. The lowest BCUT2D eigenvalue weighted by molar-refractivity contribution is -0.138. The average molecular weight is 225 g/mol. The molecule has 0 atom stereocenters. The first-order valence-corrected chi connectivity index (χ1v) is 5.17. The SMILES string of the molecule is C=C(Cl)C(=O)OCCCCCCCl. The maximum atomic E-state index is 10.8. The van der Waals surface area contributed by atoms with Crippen molar-refractivity contribution in [3.8, 4) is 0 Å². The molecule has 0 unspecified atom stereocenters. The number of esters is 1. The van der Waals surface area contributed by atoms with Gasteiger partial charge in [-0.05, 0) is 12.8 Å². The third-order valence-corrected chi connectivity index (χ3v) is 1.90. The summed E-state index contributed by atoms with van der Waals surface area (Å²) in [4.78, 5) is 10.8. The Hall–Kier alpha value is -0.210. The lowest BCUT2D eigenvalue weighted by atomic mass is 10.2. The molecule has 0 aliphatic rings. The molecule has 0 bridgehead atoms. The summed E-state index contributed by atoms with van der Waals surface area (Å²) in [5, 5.41) is -0.0687. The van der Waals surface area contributed by atoms with E-state index in [0.717, 1.165) is 25.7 Å². The van der Waals surface area contributed by atoms with E-state index < -0.39 is 5.97 Å². The Kier molecular flexibility index (Phi) is 8.26. The van der Waals surface area contributed by atoms with E-state index >= 15 is 0 Å². The van der Waals surface area contributed by atoms with Gasteiger partial charge in [0.1, 0.15) is 5.03 Å². The molecule has 2 nitrogen and oxygen atoms in total. The Balaban J connectivity index is 3.16. The van der Waals surface area contributed by atoms with Crippen LogP contribution in [0.15, 0.2) is 11.6 Å². The van der Waals surface area contributed by atoms with Crippen molar-refractivity contribution in [1.29, 1.82) is 0 Å². The molecule has 0 fully saturated rings. The largest absolute Gasteiger partial charge is 0.461 e. The van der Waals surface area contributed by atoms with Crippen molar-refractivity contribution >= 4 is 29.2 Å². The van der Waals surface area contributed by atoms with Gasteiger partial charge < -0.3 is 4.74 Å². The molecule has 0 aromatic rings. The summed E-state index contributed by atoms with van der Waals surface area (Å²) in [6, 6.07) is 0. The fraction of sp³-hybridized carbons (Fsp3) is 0.667. The summed E-state index contributed by atoms with van der Waals surface area (Å²) in [5.74, 6) is 0.164. The molecule has 0 N–H and O–H groups in total. The van der Waals surface area contributed by atoms with Crippen LogP contribution in [-0.4, -0.2) is 18.5 Å². The van der Waals surface area contributed by atoms with Crippen molar-refractivity contribution in [2.45, 2.75) is 25.7 Å². The second-order valence-electron chi connectivity index (χ2n) is 2.64. The van der Waals surface area contributed by atoms with E-state index in [4.69, 9.17) is 27.9 Å². The summed E-state index contributed by atoms with van der Waals surface area (Å²) in [6.07, 6.45) is 3.96. The summed E-state index contributed by atoms with van der Waals surface area (Å²) in [7, 11) is 0. The second-order valence-corrected chi connectivity index (χ2v) is 3.48. The maximum Gasteiger partial charge on any atom is 0.349 e. The van der Waals surface area contributed by atoms with Gasteiger partial charge in [0.05, 0.1) is 6.61 Å². The number of unbranched alkanes of at least 4 members (excludes halogenated alkanes) is 3. The van der Waals surface area contributed by atoms with E-state index in [9.17, 15) is 4.79 Å². The van der Waals surface area contributed by atoms with E-state index in [0.29, 0.717) is 12.5 Å². The fourth-order valence-electron chi connectivity index (χ4n) is 0.793. The first-order valence-electron chi connectivity index (χ1n) is 4.26. The van der Waals surface area contributed by atoms with Gasteiger partial charge in [-0.25, -0.2) is 4.79 Å².